The third kappa shape index (κ3) is 2.89. The summed E-state index contributed by atoms with van der Waals surface area (Å²) in [4.78, 5) is 0. The van der Waals surface area contributed by atoms with Crippen molar-refractivity contribution in [2.24, 2.45) is 0 Å². The Bertz CT molecular complexity index is 457. The fourth-order valence-corrected chi connectivity index (χ4v) is 2.00. The molecule has 16 heavy (non-hydrogen) atoms. The number of rotatable bonds is 3. The summed E-state index contributed by atoms with van der Waals surface area (Å²) in [7, 11) is 0. The molecule has 0 saturated heterocycles. The van der Waals surface area contributed by atoms with Crippen LogP contribution in [0.5, 0.6) is 0 Å². The van der Waals surface area contributed by atoms with Gasteiger partial charge in [-0.2, -0.15) is 0 Å². The highest BCUT2D eigenvalue weighted by molar-refractivity contribution is 9.13. The van der Waals surface area contributed by atoms with Crippen LogP contribution in [0.3, 0.4) is 0 Å². The normalized spacial score (nSPS) is 10.4. The molecular weight excluding hydrogens is 334 g/mol. The van der Waals surface area contributed by atoms with Crippen LogP contribution in [0.2, 0.25) is 0 Å². The van der Waals surface area contributed by atoms with Crippen molar-refractivity contribution < 1.29 is 4.42 Å². The summed E-state index contributed by atoms with van der Waals surface area (Å²) in [5.41, 5.74) is 2.35. The lowest BCUT2D eigenvalue weighted by molar-refractivity contribution is 0.494. The van der Waals surface area contributed by atoms with Crippen LogP contribution in [0, 0.1) is 6.92 Å². The molecule has 1 N–H and O–H groups in total. The van der Waals surface area contributed by atoms with Gasteiger partial charge in [0.2, 0.25) is 0 Å². The monoisotopic (exact) mass is 343 g/mol. The van der Waals surface area contributed by atoms with Crippen molar-refractivity contribution in [1.29, 1.82) is 0 Å². The Kier molecular flexibility index (Phi) is 3.71. The summed E-state index contributed by atoms with van der Waals surface area (Å²) in [6.07, 6.45) is 0. The van der Waals surface area contributed by atoms with Gasteiger partial charge in [0.1, 0.15) is 5.76 Å². The quantitative estimate of drug-likeness (QED) is 0.871. The lowest BCUT2D eigenvalue weighted by Gasteiger charge is -2.04. The Morgan fingerprint density at radius 1 is 1.19 bits per heavy atom. The molecule has 2 aromatic rings. The maximum absolute atomic E-state index is 5.47. The van der Waals surface area contributed by atoms with Gasteiger partial charge in [0.15, 0.2) is 4.67 Å². The van der Waals surface area contributed by atoms with E-state index in [1.54, 1.807) is 0 Å². The van der Waals surface area contributed by atoms with E-state index in [9.17, 15) is 0 Å². The molecule has 0 spiro atoms. The average molecular weight is 345 g/mol. The largest absolute Gasteiger partial charge is 0.451 e. The van der Waals surface area contributed by atoms with Crippen molar-refractivity contribution in [2.45, 2.75) is 13.5 Å². The van der Waals surface area contributed by atoms with Crippen molar-refractivity contribution in [3.63, 3.8) is 0 Å². The molecule has 0 radical (unpaired) electrons. The van der Waals surface area contributed by atoms with Gasteiger partial charge in [-0.1, -0.05) is 17.7 Å². The van der Waals surface area contributed by atoms with Crippen LogP contribution >= 0.6 is 31.9 Å². The van der Waals surface area contributed by atoms with Gasteiger partial charge < -0.3 is 9.73 Å². The summed E-state index contributed by atoms with van der Waals surface area (Å²) >= 11 is 6.69. The summed E-state index contributed by atoms with van der Waals surface area (Å²) in [5, 5.41) is 3.29. The Morgan fingerprint density at radius 3 is 2.44 bits per heavy atom. The minimum Gasteiger partial charge on any atom is -0.451 e. The minimum atomic E-state index is 0.674. The van der Waals surface area contributed by atoms with Gasteiger partial charge in [0, 0.05) is 5.69 Å². The van der Waals surface area contributed by atoms with Crippen molar-refractivity contribution in [1.82, 2.24) is 0 Å². The van der Waals surface area contributed by atoms with Gasteiger partial charge in [0.05, 0.1) is 11.0 Å². The molecule has 1 heterocycles. The summed E-state index contributed by atoms with van der Waals surface area (Å²) in [6, 6.07) is 10.2. The van der Waals surface area contributed by atoms with E-state index < -0.39 is 0 Å². The molecule has 4 heteroatoms. The SMILES string of the molecule is Cc1ccc(NCc2cc(Br)c(Br)o2)cc1. The predicted octanol–water partition coefficient (Wildman–Crippen LogP) is 4.73. The van der Waals surface area contributed by atoms with Crippen LogP contribution in [0.25, 0.3) is 0 Å². The zero-order chi connectivity index (χ0) is 11.5. The zero-order valence-corrected chi connectivity index (χ0v) is 11.9. The second-order valence-corrected chi connectivity index (χ2v) is 5.13. The number of hydrogen-bond acceptors (Lipinski definition) is 2. The molecule has 0 saturated carbocycles. The maximum Gasteiger partial charge on any atom is 0.183 e. The first-order valence-corrected chi connectivity index (χ1v) is 6.48. The van der Waals surface area contributed by atoms with E-state index in [1.807, 2.05) is 6.07 Å². The van der Waals surface area contributed by atoms with Crippen LogP contribution in [-0.4, -0.2) is 0 Å². The lowest BCUT2D eigenvalue weighted by atomic mass is 10.2. The van der Waals surface area contributed by atoms with Crippen molar-refractivity contribution in [3.05, 3.63) is 50.8 Å². The number of hydrogen-bond donors (Lipinski definition) is 1. The van der Waals surface area contributed by atoms with E-state index in [1.165, 1.54) is 5.56 Å². The average Bonchev–Trinajstić information content (AvgIpc) is 2.58. The zero-order valence-electron chi connectivity index (χ0n) is 8.76. The molecule has 1 aromatic heterocycles. The molecule has 1 aromatic carbocycles. The number of nitrogens with one attached hydrogen (secondary N) is 1. The summed E-state index contributed by atoms with van der Waals surface area (Å²) in [5.74, 6) is 0.888. The fraction of sp³-hybridized carbons (Fsp3) is 0.167. The Balaban J connectivity index is 1.99. The van der Waals surface area contributed by atoms with Crippen molar-refractivity contribution >= 4 is 37.5 Å². The van der Waals surface area contributed by atoms with Crippen LogP contribution in [-0.2, 0) is 6.54 Å². The number of aryl methyl sites for hydroxylation is 1. The van der Waals surface area contributed by atoms with Gasteiger partial charge in [-0.15, -0.1) is 0 Å². The number of benzene rings is 1. The highest BCUT2D eigenvalue weighted by Crippen LogP contribution is 2.27. The molecule has 0 fully saturated rings. The maximum atomic E-state index is 5.47. The first kappa shape index (κ1) is 11.7. The Morgan fingerprint density at radius 2 is 1.88 bits per heavy atom. The molecule has 2 rings (SSSR count). The molecule has 0 atom stereocenters. The second kappa shape index (κ2) is 5.06. The van der Waals surface area contributed by atoms with E-state index >= 15 is 0 Å². The first-order chi connectivity index (χ1) is 7.65. The molecule has 0 unspecified atom stereocenters. The van der Waals surface area contributed by atoms with Gasteiger partial charge in [0.25, 0.3) is 0 Å². The topological polar surface area (TPSA) is 25.2 Å². The smallest absolute Gasteiger partial charge is 0.183 e. The predicted molar refractivity (Wildman–Crippen MR) is 72.6 cm³/mol. The lowest BCUT2D eigenvalue weighted by Crippen LogP contribution is -1.97. The van der Waals surface area contributed by atoms with Crippen molar-refractivity contribution in [2.75, 3.05) is 5.32 Å². The van der Waals surface area contributed by atoms with Gasteiger partial charge in [-0.25, -0.2) is 0 Å². The molecule has 0 aliphatic heterocycles. The minimum absolute atomic E-state index is 0.674. The fourth-order valence-electron chi connectivity index (χ4n) is 1.34. The van der Waals surface area contributed by atoms with E-state index in [4.69, 9.17) is 4.42 Å². The van der Waals surface area contributed by atoms with E-state index in [0.717, 1.165) is 20.6 Å². The van der Waals surface area contributed by atoms with Crippen LogP contribution in [0.4, 0.5) is 5.69 Å². The Hall–Kier alpha value is -0.740. The number of furan rings is 1. The summed E-state index contributed by atoms with van der Waals surface area (Å²) < 4.78 is 7.13. The van der Waals surface area contributed by atoms with E-state index in [2.05, 4.69) is 68.4 Å². The van der Waals surface area contributed by atoms with Gasteiger partial charge in [-0.3, -0.25) is 0 Å². The van der Waals surface area contributed by atoms with Crippen LogP contribution in [0.1, 0.15) is 11.3 Å². The highest BCUT2D eigenvalue weighted by atomic mass is 79.9. The Labute approximate surface area is 111 Å². The van der Waals surface area contributed by atoms with Crippen molar-refractivity contribution in [3.8, 4) is 0 Å². The highest BCUT2D eigenvalue weighted by Gasteiger charge is 2.05. The van der Waals surface area contributed by atoms with Crippen LogP contribution in [0.15, 0.2) is 43.9 Å². The molecule has 0 amide bonds. The molecule has 2 nitrogen and oxygen atoms in total. The van der Waals surface area contributed by atoms with E-state index in [0.29, 0.717) is 6.54 Å². The van der Waals surface area contributed by atoms with E-state index in [-0.39, 0.29) is 0 Å². The summed E-state index contributed by atoms with van der Waals surface area (Å²) in [6.45, 7) is 2.75. The van der Waals surface area contributed by atoms with Crippen LogP contribution < -0.4 is 5.32 Å². The molecule has 84 valence electrons. The second-order valence-electron chi connectivity index (χ2n) is 3.55. The molecular formula is C12H11Br2NO. The van der Waals surface area contributed by atoms with Gasteiger partial charge in [-0.05, 0) is 57.0 Å². The molecule has 0 bridgehead atoms. The molecule has 0 aliphatic rings. The first-order valence-electron chi connectivity index (χ1n) is 4.89. The standard InChI is InChI=1S/C12H11Br2NO/c1-8-2-4-9(5-3-8)15-7-10-6-11(13)12(14)16-10/h2-6,15H,7H2,1H3. The third-order valence-electron chi connectivity index (χ3n) is 2.21. The number of anilines is 1. The third-order valence-corrected chi connectivity index (χ3v) is 3.92. The number of halogens is 2. The molecule has 0 aliphatic carbocycles. The van der Waals surface area contributed by atoms with Gasteiger partial charge >= 0.3 is 0 Å².